The molecule has 4 unspecified atom stereocenters. The highest BCUT2D eigenvalue weighted by Crippen LogP contribution is 2.30. The first-order chi connectivity index (χ1) is 19.2. The van der Waals surface area contributed by atoms with E-state index in [0.29, 0.717) is 18.3 Å². The molecule has 9 heteroatoms. The van der Waals surface area contributed by atoms with Crippen LogP contribution < -0.4 is 10.6 Å². The van der Waals surface area contributed by atoms with E-state index in [0.717, 1.165) is 57.2 Å². The molecular weight excluding hydrogens is 544 g/mol. The lowest BCUT2D eigenvalue weighted by Crippen LogP contribution is -2.29. The van der Waals surface area contributed by atoms with Gasteiger partial charge in [-0.3, -0.25) is 14.6 Å². The molecule has 2 aromatic rings. The highest BCUT2D eigenvalue weighted by Gasteiger charge is 2.35. The van der Waals surface area contributed by atoms with Gasteiger partial charge in [-0.1, -0.05) is 60.7 Å². The largest absolute Gasteiger partial charge is 0.356 e. The van der Waals surface area contributed by atoms with E-state index in [1.165, 1.54) is 50.1 Å². The molecule has 4 saturated heterocycles. The van der Waals surface area contributed by atoms with Crippen molar-refractivity contribution in [1.82, 2.24) is 20.4 Å². The Morgan fingerprint density at radius 2 is 1.25 bits per heavy atom. The first-order valence-corrected chi connectivity index (χ1v) is 17.3. The molecule has 220 valence electrons. The summed E-state index contributed by atoms with van der Waals surface area (Å²) in [4.78, 5) is 16.5. The quantitative estimate of drug-likeness (QED) is 0.527. The number of likely N-dealkylation sites (tertiary alicyclic amines) is 2. The lowest BCUT2D eigenvalue weighted by atomic mass is 9.93. The predicted octanol–water partition coefficient (Wildman–Crippen LogP) is 3.95. The molecule has 4 atom stereocenters. The van der Waals surface area contributed by atoms with Crippen molar-refractivity contribution in [3.8, 4) is 0 Å². The summed E-state index contributed by atoms with van der Waals surface area (Å²) in [5.41, 5.74) is 2.84. The van der Waals surface area contributed by atoms with Gasteiger partial charge in [-0.05, 0) is 67.2 Å². The Hall–Kier alpha value is -1.97. The zero-order valence-electron chi connectivity index (χ0n) is 23.7. The van der Waals surface area contributed by atoms with Gasteiger partial charge in [-0.2, -0.15) is 0 Å². The summed E-state index contributed by atoms with van der Waals surface area (Å²) < 4.78 is 18.8. The minimum atomic E-state index is -3.19. The molecule has 0 aliphatic carbocycles. The summed E-state index contributed by atoms with van der Waals surface area (Å²) in [6.07, 6.45) is 5.47. The average molecular weight is 589 g/mol. The van der Waals surface area contributed by atoms with Crippen LogP contribution in [0.3, 0.4) is 0 Å². The van der Waals surface area contributed by atoms with E-state index in [9.17, 15) is 13.2 Å². The maximum Gasteiger partial charge on any atom is 0.229 e. The van der Waals surface area contributed by atoms with Gasteiger partial charge in [0.1, 0.15) is 0 Å². The second-order valence-corrected chi connectivity index (χ2v) is 14.8. The van der Waals surface area contributed by atoms with Crippen LogP contribution in [0.2, 0.25) is 0 Å². The average Bonchev–Trinajstić information content (AvgIpc) is 3.35. The van der Waals surface area contributed by atoms with Crippen molar-refractivity contribution in [2.75, 3.05) is 52.1 Å². The lowest BCUT2D eigenvalue weighted by molar-refractivity contribution is -0.120. The van der Waals surface area contributed by atoms with Crippen molar-refractivity contribution in [1.29, 1.82) is 0 Å². The van der Waals surface area contributed by atoms with Crippen LogP contribution >= 0.6 is 10.7 Å². The third-order valence-electron chi connectivity index (χ3n) is 8.44. The topological polar surface area (TPSA) is 81.8 Å². The summed E-state index contributed by atoms with van der Waals surface area (Å²) in [7, 11) is 1.31. The van der Waals surface area contributed by atoms with E-state index in [-0.39, 0.29) is 5.91 Å². The van der Waals surface area contributed by atoms with Crippen molar-refractivity contribution in [3.63, 3.8) is 0 Å². The molecular formula is C31H45ClN4O3S. The molecule has 4 fully saturated rings. The lowest BCUT2D eigenvalue weighted by Gasteiger charge is -2.16. The molecule has 4 aliphatic rings. The van der Waals surface area contributed by atoms with Crippen LogP contribution in [-0.4, -0.2) is 76.2 Å². The van der Waals surface area contributed by atoms with Gasteiger partial charge in [0.2, 0.25) is 15.0 Å². The Labute approximate surface area is 245 Å². The van der Waals surface area contributed by atoms with E-state index in [2.05, 4.69) is 91.8 Å². The van der Waals surface area contributed by atoms with Crippen molar-refractivity contribution in [2.45, 2.75) is 38.8 Å². The van der Waals surface area contributed by atoms with Gasteiger partial charge in [0.05, 0.1) is 6.26 Å². The van der Waals surface area contributed by atoms with E-state index in [1.807, 2.05) is 0 Å². The Kier molecular flexibility index (Phi) is 11.9. The van der Waals surface area contributed by atoms with Crippen molar-refractivity contribution in [3.05, 3.63) is 71.8 Å². The van der Waals surface area contributed by atoms with Crippen LogP contribution in [0, 0.1) is 23.7 Å². The Balaban J connectivity index is 0.000000159. The standard InChI is InChI=1S/C15H20N2O.C15H22N2.CH3ClO2S/c18-15-7-6-13-10-17(11-14(13)8-16-15)9-12-4-2-1-3-5-12;1-2-5-13(6-3-1)10-17-11-14-7-4-8-16-9-15(14)12-17;1-5(2,3)4/h1-5,13-14H,6-11H2,(H,16,18);1-3,5-6,14-16H,4,7-12H2;1H3. The molecule has 4 aliphatic heterocycles. The number of nitrogens with zero attached hydrogens (tertiary/aromatic N) is 2. The summed E-state index contributed by atoms with van der Waals surface area (Å²) in [5.74, 6) is 3.42. The second-order valence-electron chi connectivity index (χ2n) is 11.8. The molecule has 0 spiro atoms. The minimum absolute atomic E-state index is 0.235. The van der Waals surface area contributed by atoms with Gasteiger partial charge < -0.3 is 10.6 Å². The Morgan fingerprint density at radius 1 is 0.775 bits per heavy atom. The van der Waals surface area contributed by atoms with Gasteiger partial charge in [-0.25, -0.2) is 8.42 Å². The Bertz CT molecular complexity index is 1110. The van der Waals surface area contributed by atoms with Gasteiger partial charge in [0.25, 0.3) is 0 Å². The maximum absolute atomic E-state index is 11.4. The third kappa shape index (κ3) is 10.8. The smallest absolute Gasteiger partial charge is 0.229 e. The number of carbonyl (C=O) groups excluding carboxylic acids is 1. The zero-order valence-corrected chi connectivity index (χ0v) is 25.3. The van der Waals surface area contributed by atoms with Gasteiger partial charge >= 0.3 is 0 Å². The van der Waals surface area contributed by atoms with Crippen molar-refractivity contribution in [2.24, 2.45) is 23.7 Å². The van der Waals surface area contributed by atoms with E-state index >= 15 is 0 Å². The second kappa shape index (κ2) is 15.3. The van der Waals surface area contributed by atoms with Gasteiger partial charge in [0, 0.05) is 62.9 Å². The number of fused-ring (bicyclic) bond motifs is 2. The maximum atomic E-state index is 11.4. The summed E-state index contributed by atoms with van der Waals surface area (Å²) in [6, 6.07) is 21.5. The number of rotatable bonds is 4. The fraction of sp³-hybridized carbons (Fsp3) is 0.581. The van der Waals surface area contributed by atoms with Crippen LogP contribution in [0.4, 0.5) is 0 Å². The zero-order chi connectivity index (χ0) is 28.4. The van der Waals surface area contributed by atoms with Crippen LogP contribution in [0.25, 0.3) is 0 Å². The number of hydrogen-bond acceptors (Lipinski definition) is 6. The molecule has 0 aromatic heterocycles. The highest BCUT2D eigenvalue weighted by atomic mass is 35.7. The number of amides is 1. The number of halogens is 1. The van der Waals surface area contributed by atoms with Crippen LogP contribution in [0.15, 0.2) is 60.7 Å². The summed E-state index contributed by atoms with van der Waals surface area (Å²) in [5, 5.41) is 6.61. The first-order valence-electron chi connectivity index (χ1n) is 14.6. The molecule has 6 rings (SSSR count). The fourth-order valence-corrected chi connectivity index (χ4v) is 6.56. The molecule has 0 bridgehead atoms. The molecule has 4 heterocycles. The van der Waals surface area contributed by atoms with Gasteiger partial charge in [0.15, 0.2) is 0 Å². The third-order valence-corrected chi connectivity index (χ3v) is 8.44. The van der Waals surface area contributed by atoms with E-state index in [1.54, 1.807) is 0 Å². The molecule has 7 nitrogen and oxygen atoms in total. The normalized spacial score (nSPS) is 27.0. The summed E-state index contributed by atoms with van der Waals surface area (Å²) in [6.45, 7) is 10.4. The number of nitrogens with one attached hydrogen (secondary N) is 2. The van der Waals surface area contributed by atoms with Crippen molar-refractivity contribution < 1.29 is 13.2 Å². The molecule has 2 aromatic carbocycles. The Morgan fingerprint density at radius 3 is 1.80 bits per heavy atom. The molecule has 40 heavy (non-hydrogen) atoms. The molecule has 0 saturated carbocycles. The molecule has 0 radical (unpaired) electrons. The number of carbonyl (C=O) groups is 1. The van der Waals surface area contributed by atoms with Gasteiger partial charge in [-0.15, -0.1) is 0 Å². The predicted molar refractivity (Wildman–Crippen MR) is 162 cm³/mol. The van der Waals surface area contributed by atoms with Crippen LogP contribution in [0.1, 0.15) is 36.8 Å². The van der Waals surface area contributed by atoms with Crippen LogP contribution in [-0.2, 0) is 26.9 Å². The van der Waals surface area contributed by atoms with E-state index in [4.69, 9.17) is 0 Å². The van der Waals surface area contributed by atoms with Crippen molar-refractivity contribution >= 4 is 25.6 Å². The van der Waals surface area contributed by atoms with Crippen LogP contribution in [0.5, 0.6) is 0 Å². The first kappa shape index (κ1) is 31.0. The monoisotopic (exact) mass is 588 g/mol. The number of hydrogen-bond donors (Lipinski definition) is 2. The SMILES string of the molecule is CS(=O)(=O)Cl.O=C1CCC2CN(Cc3ccccc3)CC2CN1.c1ccc(CN2CC3CCCNCC3C2)cc1. The molecule has 2 N–H and O–H groups in total. The fourth-order valence-electron chi connectivity index (χ4n) is 6.56. The highest BCUT2D eigenvalue weighted by molar-refractivity contribution is 8.13. The minimum Gasteiger partial charge on any atom is -0.356 e. The molecule has 1 amide bonds. The van der Waals surface area contributed by atoms with E-state index < -0.39 is 9.05 Å². The summed E-state index contributed by atoms with van der Waals surface area (Å²) >= 11 is 0. The number of benzene rings is 2.